The lowest BCUT2D eigenvalue weighted by molar-refractivity contribution is 0.221. The molecule has 2 aromatic heterocycles. The molecule has 0 radical (unpaired) electrons. The molecular formula is C25H29F2N7O2. The standard InChI is InChI=1S/C25H29F2N7O2/c1-35-18-9-29-24(30-10-18)33-6-4-16(5-7-33)15-36-19-11-31-25(32-12-19)34-13-21(23(28)14-34)20-8-17(26)2-3-22(20)27/h2-3,8-12,16,21,23H,4-7,13-15,28H2,1H3/t21-,23+/m1/s1. The molecule has 1 aromatic carbocycles. The van der Waals surface area contributed by atoms with Crippen molar-refractivity contribution in [2.75, 3.05) is 49.7 Å². The highest BCUT2D eigenvalue weighted by Crippen LogP contribution is 2.31. The van der Waals surface area contributed by atoms with Gasteiger partial charge in [-0.05, 0) is 42.5 Å². The van der Waals surface area contributed by atoms with Crippen LogP contribution < -0.4 is 25.0 Å². The van der Waals surface area contributed by atoms with Crippen molar-refractivity contribution in [1.29, 1.82) is 0 Å². The van der Waals surface area contributed by atoms with E-state index in [1.54, 1.807) is 31.9 Å². The molecule has 0 spiro atoms. The maximum atomic E-state index is 14.2. The molecule has 190 valence electrons. The number of nitrogens with two attached hydrogens (primary N) is 1. The van der Waals surface area contributed by atoms with Gasteiger partial charge in [0.25, 0.3) is 0 Å². The number of hydrogen-bond acceptors (Lipinski definition) is 9. The van der Waals surface area contributed by atoms with Crippen LogP contribution in [-0.4, -0.2) is 65.9 Å². The van der Waals surface area contributed by atoms with E-state index in [0.717, 1.165) is 38.1 Å². The predicted molar refractivity (Wildman–Crippen MR) is 130 cm³/mol. The van der Waals surface area contributed by atoms with Gasteiger partial charge in [-0.25, -0.2) is 28.7 Å². The molecule has 0 bridgehead atoms. The maximum absolute atomic E-state index is 14.2. The van der Waals surface area contributed by atoms with E-state index in [4.69, 9.17) is 15.2 Å². The van der Waals surface area contributed by atoms with E-state index in [2.05, 4.69) is 24.8 Å². The van der Waals surface area contributed by atoms with Gasteiger partial charge in [0.05, 0.1) is 38.5 Å². The highest BCUT2D eigenvalue weighted by atomic mass is 19.1. The summed E-state index contributed by atoms with van der Waals surface area (Å²) < 4.78 is 39.0. The second kappa shape index (κ2) is 10.6. The zero-order chi connectivity index (χ0) is 25.1. The Hall–Kier alpha value is -3.60. The smallest absolute Gasteiger partial charge is 0.225 e. The van der Waals surface area contributed by atoms with Crippen molar-refractivity contribution in [1.82, 2.24) is 19.9 Å². The van der Waals surface area contributed by atoms with Crippen molar-refractivity contribution in [3.63, 3.8) is 0 Å². The molecule has 4 heterocycles. The van der Waals surface area contributed by atoms with Crippen molar-refractivity contribution in [3.05, 3.63) is 60.2 Å². The molecular weight excluding hydrogens is 468 g/mol. The highest BCUT2D eigenvalue weighted by Gasteiger charge is 2.34. The first-order chi connectivity index (χ1) is 17.5. The first-order valence-electron chi connectivity index (χ1n) is 12.0. The summed E-state index contributed by atoms with van der Waals surface area (Å²) in [4.78, 5) is 21.6. The molecule has 3 aromatic rings. The number of benzene rings is 1. The average Bonchev–Trinajstić information content (AvgIpc) is 3.30. The Balaban J connectivity index is 1.11. The first kappa shape index (κ1) is 24.1. The number of piperidine rings is 1. The van der Waals surface area contributed by atoms with Gasteiger partial charge >= 0.3 is 0 Å². The third-order valence-corrected chi connectivity index (χ3v) is 6.85. The molecule has 2 atom stereocenters. The zero-order valence-corrected chi connectivity index (χ0v) is 20.1. The summed E-state index contributed by atoms with van der Waals surface area (Å²) in [6.07, 6.45) is 8.58. The molecule has 11 heteroatoms. The minimum Gasteiger partial charge on any atom is -0.494 e. The largest absolute Gasteiger partial charge is 0.494 e. The summed E-state index contributed by atoms with van der Waals surface area (Å²) in [6, 6.07) is 3.11. The molecule has 2 aliphatic rings. The fraction of sp³-hybridized carbons (Fsp3) is 0.440. The second-order valence-corrected chi connectivity index (χ2v) is 9.22. The van der Waals surface area contributed by atoms with Crippen LogP contribution >= 0.6 is 0 Å². The molecule has 9 nitrogen and oxygen atoms in total. The third kappa shape index (κ3) is 5.30. The topological polar surface area (TPSA) is 103 Å². The van der Waals surface area contributed by atoms with Crippen LogP contribution in [0.3, 0.4) is 0 Å². The molecule has 0 amide bonds. The Kier molecular flexibility index (Phi) is 7.08. The number of methoxy groups -OCH3 is 1. The molecule has 2 fully saturated rings. The van der Waals surface area contributed by atoms with Gasteiger partial charge in [0, 0.05) is 38.1 Å². The van der Waals surface area contributed by atoms with Crippen LogP contribution in [-0.2, 0) is 0 Å². The van der Waals surface area contributed by atoms with Crippen molar-refractivity contribution in [2.24, 2.45) is 11.7 Å². The minimum atomic E-state index is -0.477. The number of halogens is 2. The van der Waals surface area contributed by atoms with Gasteiger partial charge in [-0.1, -0.05) is 0 Å². The number of nitrogens with zero attached hydrogens (tertiary/aromatic N) is 6. The lowest BCUT2D eigenvalue weighted by Gasteiger charge is -2.31. The molecule has 36 heavy (non-hydrogen) atoms. The summed E-state index contributed by atoms with van der Waals surface area (Å²) in [7, 11) is 1.59. The summed E-state index contributed by atoms with van der Waals surface area (Å²) in [5.74, 6) is 1.58. The maximum Gasteiger partial charge on any atom is 0.225 e. The number of rotatable bonds is 7. The van der Waals surface area contributed by atoms with Gasteiger partial charge in [0.1, 0.15) is 11.6 Å². The first-order valence-corrected chi connectivity index (χ1v) is 12.0. The van der Waals surface area contributed by atoms with E-state index in [-0.39, 0.29) is 17.5 Å². The van der Waals surface area contributed by atoms with Gasteiger partial charge < -0.3 is 25.0 Å². The van der Waals surface area contributed by atoms with Gasteiger partial charge in [-0.15, -0.1) is 0 Å². The highest BCUT2D eigenvalue weighted by molar-refractivity contribution is 5.39. The lowest BCUT2D eigenvalue weighted by Crippen LogP contribution is -2.36. The van der Waals surface area contributed by atoms with Gasteiger partial charge in [-0.3, -0.25) is 0 Å². The number of hydrogen-bond donors (Lipinski definition) is 1. The Bertz CT molecular complexity index is 1160. The molecule has 0 unspecified atom stereocenters. The number of aromatic nitrogens is 4. The van der Waals surface area contributed by atoms with E-state index < -0.39 is 11.6 Å². The third-order valence-electron chi connectivity index (χ3n) is 6.85. The quantitative estimate of drug-likeness (QED) is 0.528. The minimum absolute atomic E-state index is 0.287. The van der Waals surface area contributed by atoms with E-state index in [1.807, 2.05) is 4.90 Å². The van der Waals surface area contributed by atoms with Crippen molar-refractivity contribution >= 4 is 11.9 Å². The van der Waals surface area contributed by atoms with E-state index in [0.29, 0.717) is 49.0 Å². The van der Waals surface area contributed by atoms with Crippen molar-refractivity contribution in [3.8, 4) is 11.5 Å². The van der Waals surface area contributed by atoms with Crippen LogP contribution in [0.5, 0.6) is 11.5 Å². The predicted octanol–water partition coefficient (Wildman–Crippen LogP) is 2.78. The average molecular weight is 498 g/mol. The Morgan fingerprint density at radius 1 is 0.917 bits per heavy atom. The van der Waals surface area contributed by atoms with Crippen LogP contribution in [0, 0.1) is 17.6 Å². The van der Waals surface area contributed by atoms with Crippen LogP contribution in [0.25, 0.3) is 0 Å². The van der Waals surface area contributed by atoms with E-state index >= 15 is 0 Å². The number of ether oxygens (including phenoxy) is 2. The van der Waals surface area contributed by atoms with Crippen LogP contribution in [0.1, 0.15) is 24.3 Å². The fourth-order valence-corrected chi connectivity index (χ4v) is 4.76. The molecule has 0 aliphatic carbocycles. The Morgan fingerprint density at radius 2 is 1.56 bits per heavy atom. The monoisotopic (exact) mass is 497 g/mol. The van der Waals surface area contributed by atoms with E-state index in [1.165, 1.54) is 6.07 Å². The van der Waals surface area contributed by atoms with Gasteiger partial charge in [0.2, 0.25) is 11.9 Å². The number of anilines is 2. The van der Waals surface area contributed by atoms with Gasteiger partial charge in [-0.2, -0.15) is 0 Å². The normalized spacial score (nSPS) is 20.6. The van der Waals surface area contributed by atoms with Crippen LogP contribution in [0.15, 0.2) is 43.0 Å². The second-order valence-electron chi connectivity index (χ2n) is 9.22. The van der Waals surface area contributed by atoms with Crippen molar-refractivity contribution in [2.45, 2.75) is 24.8 Å². The van der Waals surface area contributed by atoms with Crippen LogP contribution in [0.4, 0.5) is 20.7 Å². The zero-order valence-electron chi connectivity index (χ0n) is 20.1. The SMILES string of the molecule is COc1cnc(N2CCC(COc3cnc(N4C[C@H](c5cc(F)ccc5F)[C@@H](N)C4)nc3)CC2)nc1. The lowest BCUT2D eigenvalue weighted by atomic mass is 9.94. The summed E-state index contributed by atoms with van der Waals surface area (Å²) >= 11 is 0. The molecule has 0 saturated carbocycles. The van der Waals surface area contributed by atoms with Crippen molar-refractivity contribution < 1.29 is 18.3 Å². The molecule has 2 saturated heterocycles. The summed E-state index contributed by atoms with van der Waals surface area (Å²) in [5, 5.41) is 0. The van der Waals surface area contributed by atoms with Crippen LogP contribution in [0.2, 0.25) is 0 Å². The Morgan fingerprint density at radius 3 is 2.22 bits per heavy atom. The molecule has 2 aliphatic heterocycles. The molecule has 5 rings (SSSR count). The summed E-state index contributed by atoms with van der Waals surface area (Å²) in [6.45, 7) is 3.17. The fourth-order valence-electron chi connectivity index (χ4n) is 4.76. The molecule has 2 N–H and O–H groups in total. The van der Waals surface area contributed by atoms with E-state index in [9.17, 15) is 8.78 Å². The Labute approximate surface area is 208 Å². The summed E-state index contributed by atoms with van der Waals surface area (Å²) in [5.41, 5.74) is 6.54. The van der Waals surface area contributed by atoms with Gasteiger partial charge in [0.15, 0.2) is 11.5 Å².